The lowest BCUT2D eigenvalue weighted by atomic mass is 9.96. The normalized spacial score (nSPS) is 12.6. The number of fused-ring (bicyclic) bond motifs is 1. The second-order valence-corrected chi connectivity index (χ2v) is 4.20. The summed E-state index contributed by atoms with van der Waals surface area (Å²) in [5.41, 5.74) is 8.03. The van der Waals surface area contributed by atoms with E-state index in [4.69, 9.17) is 10.5 Å². The van der Waals surface area contributed by atoms with Crippen LogP contribution >= 0.6 is 0 Å². The van der Waals surface area contributed by atoms with E-state index in [9.17, 15) is 9.90 Å². The number of carboxylic acid groups (broad SMARTS) is 1. The van der Waals surface area contributed by atoms with Crippen molar-refractivity contribution in [3.63, 3.8) is 0 Å². The molecule has 4 N–H and O–H groups in total. The highest BCUT2D eigenvalue weighted by molar-refractivity contribution is 5.91. The van der Waals surface area contributed by atoms with Crippen LogP contribution in [0.2, 0.25) is 0 Å². The van der Waals surface area contributed by atoms with E-state index in [0.29, 0.717) is 5.75 Å². The van der Waals surface area contributed by atoms with Crippen LogP contribution < -0.4 is 10.5 Å². The molecule has 2 rings (SSSR count). The zero-order valence-electron chi connectivity index (χ0n) is 10.4. The minimum Gasteiger partial charge on any atom is -0.497 e. The van der Waals surface area contributed by atoms with Crippen LogP contribution in [0.15, 0.2) is 18.2 Å². The maximum Gasteiger partial charge on any atom is 0.312 e. The third-order valence-electron chi connectivity index (χ3n) is 3.13. The van der Waals surface area contributed by atoms with E-state index in [-0.39, 0.29) is 6.54 Å². The Hall–Kier alpha value is -2.01. The van der Waals surface area contributed by atoms with Gasteiger partial charge in [0.1, 0.15) is 5.75 Å². The number of carboxylic acids is 1. The molecule has 1 atom stereocenters. The Bertz CT molecular complexity index is 589. The van der Waals surface area contributed by atoms with E-state index in [1.165, 1.54) is 0 Å². The van der Waals surface area contributed by atoms with Crippen molar-refractivity contribution in [1.82, 2.24) is 4.98 Å². The second-order valence-electron chi connectivity index (χ2n) is 4.20. The van der Waals surface area contributed by atoms with Gasteiger partial charge in [0, 0.05) is 23.1 Å². The van der Waals surface area contributed by atoms with Gasteiger partial charge < -0.3 is 20.6 Å². The van der Waals surface area contributed by atoms with Gasteiger partial charge in [-0.3, -0.25) is 4.79 Å². The monoisotopic (exact) mass is 248 g/mol. The topological polar surface area (TPSA) is 88.3 Å². The first kappa shape index (κ1) is 12.4. The van der Waals surface area contributed by atoms with Crippen molar-refractivity contribution >= 4 is 16.9 Å². The Balaban J connectivity index is 2.67. The number of benzene rings is 1. The number of rotatable bonds is 4. The maximum absolute atomic E-state index is 11.3. The largest absolute Gasteiger partial charge is 0.497 e. The Morgan fingerprint density at radius 3 is 2.83 bits per heavy atom. The molecule has 1 aromatic carbocycles. The highest BCUT2D eigenvalue weighted by atomic mass is 16.5. The Labute approximate surface area is 105 Å². The molecule has 1 heterocycles. The lowest BCUT2D eigenvalue weighted by Crippen LogP contribution is -2.21. The molecule has 0 spiro atoms. The van der Waals surface area contributed by atoms with E-state index >= 15 is 0 Å². The van der Waals surface area contributed by atoms with Crippen molar-refractivity contribution in [1.29, 1.82) is 0 Å². The summed E-state index contributed by atoms with van der Waals surface area (Å²) < 4.78 is 5.17. The molecule has 18 heavy (non-hydrogen) atoms. The molecule has 0 aliphatic carbocycles. The van der Waals surface area contributed by atoms with Crippen molar-refractivity contribution in [2.24, 2.45) is 5.73 Å². The van der Waals surface area contributed by atoms with E-state index in [2.05, 4.69) is 4.98 Å². The van der Waals surface area contributed by atoms with Gasteiger partial charge >= 0.3 is 5.97 Å². The van der Waals surface area contributed by atoms with Crippen LogP contribution in [0.25, 0.3) is 10.9 Å². The lowest BCUT2D eigenvalue weighted by Gasteiger charge is -2.10. The number of nitrogens with one attached hydrogen (secondary N) is 1. The quantitative estimate of drug-likeness (QED) is 0.767. The zero-order chi connectivity index (χ0) is 13.3. The molecule has 0 amide bonds. The Morgan fingerprint density at radius 2 is 2.28 bits per heavy atom. The second kappa shape index (κ2) is 4.70. The van der Waals surface area contributed by atoms with Crippen molar-refractivity contribution < 1.29 is 14.6 Å². The van der Waals surface area contributed by atoms with Crippen LogP contribution in [0.5, 0.6) is 5.75 Å². The predicted molar refractivity (Wildman–Crippen MR) is 69.0 cm³/mol. The first-order chi connectivity index (χ1) is 8.58. The number of carbonyl (C=O) groups is 1. The standard InChI is InChI=1S/C13H16N2O3/c1-7-12(10(6-14)13(16)17)9-5-8(18-2)3-4-11(9)15-7/h3-5,10,15H,6,14H2,1-2H3,(H,16,17)/t10-/m1/s1. The lowest BCUT2D eigenvalue weighted by molar-refractivity contribution is -0.138. The fourth-order valence-corrected chi connectivity index (χ4v) is 2.24. The Morgan fingerprint density at radius 1 is 1.56 bits per heavy atom. The molecule has 5 nitrogen and oxygen atoms in total. The van der Waals surface area contributed by atoms with E-state index in [1.807, 2.05) is 25.1 Å². The summed E-state index contributed by atoms with van der Waals surface area (Å²) in [5, 5.41) is 10.1. The number of methoxy groups -OCH3 is 1. The summed E-state index contributed by atoms with van der Waals surface area (Å²) >= 11 is 0. The Kier molecular flexibility index (Phi) is 3.25. The summed E-state index contributed by atoms with van der Waals surface area (Å²) in [7, 11) is 1.58. The average Bonchev–Trinajstić information content (AvgIpc) is 2.66. The summed E-state index contributed by atoms with van der Waals surface area (Å²) in [5.74, 6) is -0.918. The van der Waals surface area contributed by atoms with Gasteiger partial charge in [0.25, 0.3) is 0 Å². The number of aromatic amines is 1. The highest BCUT2D eigenvalue weighted by Crippen LogP contribution is 2.31. The molecule has 0 bridgehead atoms. The summed E-state index contributed by atoms with van der Waals surface area (Å²) in [6.07, 6.45) is 0. The minimum absolute atomic E-state index is 0.0698. The fourth-order valence-electron chi connectivity index (χ4n) is 2.24. The summed E-state index contributed by atoms with van der Waals surface area (Å²) in [4.78, 5) is 14.4. The molecule has 96 valence electrons. The molecule has 0 saturated carbocycles. The first-order valence-electron chi connectivity index (χ1n) is 5.67. The van der Waals surface area contributed by atoms with Gasteiger partial charge in [0.15, 0.2) is 0 Å². The number of aliphatic carboxylic acids is 1. The van der Waals surface area contributed by atoms with Gasteiger partial charge in [-0.1, -0.05) is 0 Å². The predicted octanol–water partition coefficient (Wildman–Crippen LogP) is 1.61. The van der Waals surface area contributed by atoms with Crippen molar-refractivity contribution in [2.75, 3.05) is 13.7 Å². The molecule has 0 fully saturated rings. The van der Waals surface area contributed by atoms with Crippen LogP contribution in [-0.2, 0) is 4.79 Å². The van der Waals surface area contributed by atoms with Crippen LogP contribution in [-0.4, -0.2) is 29.7 Å². The average molecular weight is 248 g/mol. The zero-order valence-corrected chi connectivity index (χ0v) is 10.4. The molecule has 0 aliphatic heterocycles. The van der Waals surface area contributed by atoms with Gasteiger partial charge in [0.05, 0.1) is 13.0 Å². The number of aryl methyl sites for hydroxylation is 1. The maximum atomic E-state index is 11.3. The van der Waals surface area contributed by atoms with Crippen molar-refractivity contribution in [3.05, 3.63) is 29.5 Å². The smallest absolute Gasteiger partial charge is 0.312 e. The molecule has 5 heteroatoms. The van der Waals surface area contributed by atoms with Crippen molar-refractivity contribution in [2.45, 2.75) is 12.8 Å². The molecule has 2 aromatic rings. The molecule has 0 radical (unpaired) electrons. The third kappa shape index (κ3) is 1.93. The van der Waals surface area contributed by atoms with Gasteiger partial charge in [-0.15, -0.1) is 0 Å². The SMILES string of the molecule is COc1ccc2[nH]c(C)c([C@@H](CN)C(=O)O)c2c1. The number of hydrogen-bond acceptors (Lipinski definition) is 3. The number of H-pyrrole nitrogens is 1. The van der Waals surface area contributed by atoms with Gasteiger partial charge in [-0.25, -0.2) is 0 Å². The van der Waals surface area contributed by atoms with Gasteiger partial charge in [0.2, 0.25) is 0 Å². The molecule has 0 unspecified atom stereocenters. The number of aromatic nitrogens is 1. The van der Waals surface area contributed by atoms with E-state index < -0.39 is 11.9 Å². The number of ether oxygens (including phenoxy) is 1. The molecular formula is C13H16N2O3. The van der Waals surface area contributed by atoms with E-state index in [1.54, 1.807) is 7.11 Å². The molecule has 1 aromatic heterocycles. The number of hydrogen-bond donors (Lipinski definition) is 3. The number of nitrogens with two attached hydrogens (primary N) is 1. The van der Waals surface area contributed by atoms with Gasteiger partial charge in [-0.05, 0) is 30.7 Å². The highest BCUT2D eigenvalue weighted by Gasteiger charge is 2.24. The van der Waals surface area contributed by atoms with Crippen LogP contribution in [0.3, 0.4) is 0 Å². The molecule has 0 aliphatic rings. The van der Waals surface area contributed by atoms with Crippen LogP contribution in [0.4, 0.5) is 0 Å². The summed E-state index contributed by atoms with van der Waals surface area (Å²) in [6, 6.07) is 5.54. The third-order valence-corrected chi connectivity index (χ3v) is 3.13. The molecular weight excluding hydrogens is 232 g/mol. The van der Waals surface area contributed by atoms with E-state index in [0.717, 1.165) is 22.2 Å². The summed E-state index contributed by atoms with van der Waals surface area (Å²) in [6.45, 7) is 1.92. The molecule has 0 saturated heterocycles. The van der Waals surface area contributed by atoms with Crippen LogP contribution in [0, 0.1) is 6.92 Å². The van der Waals surface area contributed by atoms with Gasteiger partial charge in [-0.2, -0.15) is 0 Å². The van der Waals surface area contributed by atoms with Crippen molar-refractivity contribution in [3.8, 4) is 5.75 Å². The first-order valence-corrected chi connectivity index (χ1v) is 5.67. The fraction of sp³-hybridized carbons (Fsp3) is 0.308. The van der Waals surface area contributed by atoms with Crippen LogP contribution in [0.1, 0.15) is 17.2 Å². The minimum atomic E-state index is -0.913.